The Hall–Kier alpha value is -10.2. The van der Waals surface area contributed by atoms with Gasteiger partial charge in [-0.2, -0.15) is 0 Å². The third-order valence-electron chi connectivity index (χ3n) is 16.2. The van der Waals surface area contributed by atoms with Gasteiger partial charge in [0.2, 0.25) is 29.5 Å². The van der Waals surface area contributed by atoms with Crippen LogP contribution in [0.3, 0.4) is 0 Å². The number of hydrogen-bond donors (Lipinski definition) is 22. The lowest BCUT2D eigenvalue weighted by atomic mass is 9.88. The molecule has 40 nitrogen and oxygen atoms in total. The van der Waals surface area contributed by atoms with Gasteiger partial charge in [0.1, 0.15) is 5.78 Å². The fourth-order valence-corrected chi connectivity index (χ4v) is 10.8. The first-order chi connectivity index (χ1) is 48.2. The molecule has 9 atom stereocenters. The zero-order valence-electron chi connectivity index (χ0n) is 59.3. The first-order valence-corrected chi connectivity index (χ1v) is 34.5. The summed E-state index contributed by atoms with van der Waals surface area (Å²) in [5.41, 5.74) is 101. The number of carbonyl (C=O) groups excluding carboxylic acids is 10. The fraction of sp³-hybridized carbons (Fsp3) is 0.710. The summed E-state index contributed by atoms with van der Waals surface area (Å²) in [5.74, 6) is -13.6. The highest BCUT2D eigenvalue weighted by molar-refractivity contribution is 5.98. The van der Waals surface area contributed by atoms with Gasteiger partial charge in [-0.1, -0.05) is 13.3 Å². The van der Waals surface area contributed by atoms with Crippen molar-refractivity contribution in [1.29, 1.82) is 0 Å². The minimum Gasteiger partial charge on any atom is -0.370 e. The van der Waals surface area contributed by atoms with Crippen molar-refractivity contribution in [2.75, 3.05) is 58.9 Å². The first kappa shape index (κ1) is 91.8. The van der Waals surface area contributed by atoms with Gasteiger partial charge in [-0.25, -0.2) is 0 Å². The second-order valence-electron chi connectivity index (χ2n) is 24.8. The Bertz CT molecular complexity index is 2870. The number of Topliss-reactive ketones (excluding diaryl/α,β-unsaturated/α-hetero) is 5. The van der Waals surface area contributed by atoms with Crippen LogP contribution in [0.15, 0.2) is 39.9 Å². The number of guanidine groups is 8. The van der Waals surface area contributed by atoms with E-state index in [-0.39, 0.29) is 228 Å². The van der Waals surface area contributed by atoms with Crippen molar-refractivity contribution in [2.45, 2.75) is 192 Å². The molecule has 0 rings (SSSR count). The maximum absolute atomic E-state index is 15.0. The molecule has 578 valence electrons. The SMILES string of the molecule is CCC(=O)C[C@H](CCCN=C(N)N)C(=O)N[C@H](CCCN=C(N)N)C(=O)C[C@H](CCCN=C(N)N)C(=O)N[C@H](CCCN=C(N)N)C(=O)C[C@H](CCCN=C(N)N)C(=O)N[C@H](CCCN=C(N)N)C(=O)C[C@H](CCCN=C(N)N)C(=O)N[C@H](CCCN=C(N)N)C(=O)C[C@H](CCCCN)C(N)=O. The molecule has 0 unspecified atom stereocenters. The monoisotopic (exact) mass is 1440 g/mol. The fourth-order valence-electron chi connectivity index (χ4n) is 10.8. The Morgan fingerprint density at radius 3 is 0.657 bits per heavy atom. The Morgan fingerprint density at radius 1 is 0.265 bits per heavy atom. The molecule has 0 aromatic carbocycles. The van der Waals surface area contributed by atoms with Gasteiger partial charge in [-0.3, -0.25) is 87.9 Å². The van der Waals surface area contributed by atoms with E-state index in [2.05, 4.69) is 61.2 Å². The van der Waals surface area contributed by atoms with Crippen molar-refractivity contribution in [1.82, 2.24) is 21.3 Å². The Kier molecular flexibility index (Phi) is 48.3. The number of primary amides is 1. The van der Waals surface area contributed by atoms with Crippen LogP contribution in [-0.4, -0.2) is 189 Å². The zero-order chi connectivity index (χ0) is 77.1. The molecule has 0 aromatic heterocycles. The van der Waals surface area contributed by atoms with E-state index in [0.717, 1.165) is 0 Å². The topological polar surface area (TPSA) is 786 Å². The van der Waals surface area contributed by atoms with E-state index in [1.54, 1.807) is 6.92 Å². The summed E-state index contributed by atoms with van der Waals surface area (Å²) < 4.78 is 0. The zero-order valence-corrected chi connectivity index (χ0v) is 59.3. The summed E-state index contributed by atoms with van der Waals surface area (Å²) in [4.78, 5) is 175. The predicted octanol–water partition coefficient (Wildman–Crippen LogP) is -6.74. The minimum absolute atomic E-state index is 0.00566. The van der Waals surface area contributed by atoms with Crippen LogP contribution in [0.2, 0.25) is 0 Å². The lowest BCUT2D eigenvalue weighted by Crippen LogP contribution is -2.49. The van der Waals surface area contributed by atoms with Gasteiger partial charge in [-0.05, 0) is 122 Å². The molecule has 0 fully saturated rings. The van der Waals surface area contributed by atoms with Crippen molar-refractivity contribution in [3.63, 3.8) is 0 Å². The van der Waals surface area contributed by atoms with E-state index in [4.69, 9.17) is 103 Å². The van der Waals surface area contributed by atoms with Crippen molar-refractivity contribution < 1.29 is 47.9 Å². The van der Waals surface area contributed by atoms with E-state index >= 15 is 4.79 Å². The van der Waals surface area contributed by atoms with E-state index in [1.165, 1.54) is 0 Å². The summed E-state index contributed by atoms with van der Waals surface area (Å²) in [5, 5.41) is 11.2. The second kappa shape index (κ2) is 53.7. The average Bonchev–Trinajstić information content (AvgIpc) is 0.863. The van der Waals surface area contributed by atoms with Crippen LogP contribution in [-0.2, 0) is 47.9 Å². The number of nitrogens with zero attached hydrogens (tertiary/aromatic N) is 8. The number of unbranched alkanes of at least 4 members (excludes halogenated alkanes) is 1. The molecular weight excluding hydrogens is 1320 g/mol. The van der Waals surface area contributed by atoms with Crippen LogP contribution in [0.4, 0.5) is 0 Å². The Labute approximate surface area is 596 Å². The highest BCUT2D eigenvalue weighted by Crippen LogP contribution is 2.24. The van der Waals surface area contributed by atoms with Crippen molar-refractivity contribution in [2.24, 2.45) is 173 Å². The first-order valence-electron chi connectivity index (χ1n) is 34.5. The molecule has 40 N–H and O–H groups in total. The predicted molar refractivity (Wildman–Crippen MR) is 395 cm³/mol. The molecule has 5 amide bonds. The highest BCUT2D eigenvalue weighted by Gasteiger charge is 2.36. The molecule has 0 radical (unpaired) electrons. The lowest BCUT2D eigenvalue weighted by Gasteiger charge is -2.27. The van der Waals surface area contributed by atoms with Gasteiger partial charge in [0, 0.05) is 120 Å². The van der Waals surface area contributed by atoms with Crippen molar-refractivity contribution >= 4 is 106 Å². The van der Waals surface area contributed by atoms with Crippen LogP contribution >= 0.6 is 0 Å². The molecular formula is C62H120N30O10. The molecule has 0 saturated heterocycles. The standard InChI is InChI=1S/C62H120N30O10/c1-2-41(93)31-37(14-5-23-81-55(65)66)51(99)89-43(19-10-28-86-60(75)76)47(95)33-39(16-7-25-83-57(69)70)53(101)91-45(21-12-30-88-62(79)80)49(97)35-40(17-8-26-84-58(71)72)54(102)92-44(20-11-29-87-61(77)78)48(96)34-38(15-6-24-82-56(67)68)52(100)90-42(18-9-27-85-59(73)74)46(94)32-36(50(64)98)13-3-4-22-63/h36-40,42-45H,2-35,63H2,1H3,(H2,64,98)(H,89,99)(H,90,100)(H,91,101)(H,92,102)(H4,65,66,81)(H4,67,68,82)(H4,69,70,83)(H4,71,72,84)(H4,73,74,85)(H4,75,76,86)(H4,77,78,87)(H4,79,80,88)/t36-,37-,38-,39-,40-,42+,43+,44+,45+/m0/s1. The van der Waals surface area contributed by atoms with Crippen LogP contribution < -0.4 is 124 Å². The van der Waals surface area contributed by atoms with Crippen LogP contribution in [0.1, 0.15) is 167 Å². The molecule has 0 aliphatic rings. The third kappa shape index (κ3) is 45.5. The molecule has 0 heterocycles. The highest BCUT2D eigenvalue weighted by atomic mass is 16.2. The molecule has 102 heavy (non-hydrogen) atoms. The van der Waals surface area contributed by atoms with E-state index < -0.39 is 126 Å². The van der Waals surface area contributed by atoms with Gasteiger partial charge in [-0.15, -0.1) is 0 Å². The Morgan fingerprint density at radius 2 is 0.461 bits per heavy atom. The number of ketones is 5. The minimum atomic E-state index is -1.38. The largest absolute Gasteiger partial charge is 0.370 e. The number of hydrogen-bond acceptors (Lipinski definition) is 19. The smallest absolute Gasteiger partial charge is 0.224 e. The summed E-state index contributed by atoms with van der Waals surface area (Å²) in [7, 11) is 0. The maximum Gasteiger partial charge on any atom is 0.224 e. The van der Waals surface area contributed by atoms with Gasteiger partial charge in [0.15, 0.2) is 70.8 Å². The maximum atomic E-state index is 15.0. The summed E-state index contributed by atoms with van der Waals surface area (Å²) in [6, 6.07) is -5.19. The normalized spacial score (nSPS) is 13.5. The van der Waals surface area contributed by atoms with Crippen molar-refractivity contribution in [3.05, 3.63) is 0 Å². The van der Waals surface area contributed by atoms with Crippen LogP contribution in [0.5, 0.6) is 0 Å². The van der Waals surface area contributed by atoms with Crippen LogP contribution in [0.25, 0.3) is 0 Å². The number of nitrogens with one attached hydrogen (secondary N) is 4. The number of carbonyl (C=O) groups is 10. The molecule has 40 heteroatoms. The molecule has 0 bridgehead atoms. The number of nitrogens with two attached hydrogens (primary N) is 18. The second-order valence-corrected chi connectivity index (χ2v) is 24.8. The number of aliphatic imine (C=N–C) groups is 8. The Balaban J connectivity index is 7.87. The molecule has 0 aromatic rings. The van der Waals surface area contributed by atoms with Gasteiger partial charge < -0.3 is 124 Å². The van der Waals surface area contributed by atoms with E-state index in [0.29, 0.717) is 25.8 Å². The third-order valence-corrected chi connectivity index (χ3v) is 16.2. The average molecular weight is 1450 g/mol. The van der Waals surface area contributed by atoms with E-state index in [9.17, 15) is 43.2 Å². The molecule has 0 aliphatic heterocycles. The molecule has 0 aliphatic carbocycles. The summed E-state index contributed by atoms with van der Waals surface area (Å²) in [6.07, 6.45) is 0.605. The van der Waals surface area contributed by atoms with Gasteiger partial charge in [0.25, 0.3) is 0 Å². The summed E-state index contributed by atoms with van der Waals surface area (Å²) >= 11 is 0. The van der Waals surface area contributed by atoms with Gasteiger partial charge >= 0.3 is 0 Å². The number of amides is 5. The lowest BCUT2D eigenvalue weighted by molar-refractivity contribution is -0.136. The van der Waals surface area contributed by atoms with Crippen molar-refractivity contribution in [3.8, 4) is 0 Å². The molecule has 0 saturated carbocycles. The quantitative estimate of drug-likeness (QED) is 0.0153. The number of rotatable bonds is 60. The van der Waals surface area contributed by atoms with Gasteiger partial charge in [0.05, 0.1) is 24.2 Å². The molecule has 0 spiro atoms. The summed E-state index contributed by atoms with van der Waals surface area (Å²) in [6.45, 7) is 2.33. The van der Waals surface area contributed by atoms with Crippen LogP contribution in [0, 0.1) is 29.6 Å². The van der Waals surface area contributed by atoms with E-state index in [1.807, 2.05) is 0 Å².